The number of likely N-dealkylation sites (tertiary alicyclic amines) is 1. The highest BCUT2D eigenvalue weighted by Crippen LogP contribution is 2.25. The van der Waals surface area contributed by atoms with Crippen molar-refractivity contribution in [1.82, 2.24) is 15.1 Å². The molecule has 5 heteroatoms. The molecule has 0 aliphatic carbocycles. The highest BCUT2D eigenvalue weighted by Gasteiger charge is 2.21. The summed E-state index contributed by atoms with van der Waals surface area (Å²) in [5.41, 5.74) is 0.680. The van der Waals surface area contributed by atoms with Gasteiger partial charge >= 0.3 is 0 Å². The zero-order valence-corrected chi connectivity index (χ0v) is 12.6. The highest BCUT2D eigenvalue weighted by atomic mass is 19.1. The molecule has 1 N–H and O–H groups in total. The molecular formula is C16H22FN3O. The van der Waals surface area contributed by atoms with Gasteiger partial charge in [0.15, 0.2) is 0 Å². The summed E-state index contributed by atoms with van der Waals surface area (Å²) < 4.78 is 19.6. The first kappa shape index (κ1) is 14.3. The monoisotopic (exact) mass is 291 g/mol. The lowest BCUT2D eigenvalue weighted by Gasteiger charge is -2.34. The van der Waals surface area contributed by atoms with E-state index in [4.69, 9.17) is 4.74 Å². The lowest BCUT2D eigenvalue weighted by molar-refractivity contribution is 0.119. The molecular weight excluding hydrogens is 269 g/mol. The number of nitrogens with one attached hydrogen (secondary N) is 1. The number of hydrogen-bond acceptors (Lipinski definition) is 3. The number of hydrogen-bond donors (Lipinski definition) is 1. The number of ether oxygens (including phenoxy) is 1. The standard InChI is InChI=1S/C16H22FN3O/c1-11(2)20-5-3-12(4-6-20)10-21-13-7-15(17)14-9-18-19-16(14)8-13/h7-9,11-12H,3-6,10H2,1-2H3,(H,18,19). The third-order valence-corrected chi connectivity index (χ3v) is 4.35. The molecule has 1 saturated heterocycles. The van der Waals surface area contributed by atoms with Gasteiger partial charge in [-0.25, -0.2) is 4.39 Å². The Balaban J connectivity index is 1.57. The van der Waals surface area contributed by atoms with E-state index < -0.39 is 0 Å². The molecule has 1 fully saturated rings. The van der Waals surface area contributed by atoms with Crippen molar-refractivity contribution in [3.05, 3.63) is 24.1 Å². The Morgan fingerprint density at radius 2 is 2.14 bits per heavy atom. The zero-order chi connectivity index (χ0) is 14.8. The van der Waals surface area contributed by atoms with E-state index in [0.29, 0.717) is 35.2 Å². The molecule has 2 heterocycles. The van der Waals surface area contributed by atoms with E-state index in [0.717, 1.165) is 25.9 Å². The van der Waals surface area contributed by atoms with Gasteiger partial charge in [-0.05, 0) is 45.7 Å². The van der Waals surface area contributed by atoms with Crippen molar-refractivity contribution in [2.45, 2.75) is 32.7 Å². The smallest absolute Gasteiger partial charge is 0.137 e. The first-order chi connectivity index (χ1) is 10.1. The SMILES string of the molecule is CC(C)N1CCC(COc2cc(F)c3cn[nH]c3c2)CC1. The Hall–Kier alpha value is -1.62. The van der Waals surface area contributed by atoms with Crippen LogP contribution >= 0.6 is 0 Å². The van der Waals surface area contributed by atoms with Crippen LogP contribution in [-0.4, -0.2) is 40.8 Å². The van der Waals surface area contributed by atoms with Gasteiger partial charge in [-0.1, -0.05) is 0 Å². The number of nitrogens with zero attached hydrogens (tertiary/aromatic N) is 2. The minimum atomic E-state index is -0.286. The second-order valence-electron chi connectivity index (χ2n) is 6.12. The number of H-pyrrole nitrogens is 1. The van der Waals surface area contributed by atoms with Crippen LogP contribution in [0.3, 0.4) is 0 Å². The van der Waals surface area contributed by atoms with E-state index >= 15 is 0 Å². The maximum Gasteiger partial charge on any atom is 0.137 e. The molecule has 0 unspecified atom stereocenters. The van der Waals surface area contributed by atoms with Crippen LogP contribution in [0, 0.1) is 11.7 Å². The van der Waals surface area contributed by atoms with Gasteiger partial charge in [-0.15, -0.1) is 0 Å². The van der Waals surface area contributed by atoms with Gasteiger partial charge < -0.3 is 9.64 Å². The van der Waals surface area contributed by atoms with Gasteiger partial charge in [-0.3, -0.25) is 5.10 Å². The number of piperidine rings is 1. The highest BCUT2D eigenvalue weighted by molar-refractivity contribution is 5.80. The molecule has 0 atom stereocenters. The van der Waals surface area contributed by atoms with E-state index in [9.17, 15) is 4.39 Å². The Bertz CT molecular complexity index is 603. The van der Waals surface area contributed by atoms with Crippen molar-refractivity contribution in [1.29, 1.82) is 0 Å². The number of benzene rings is 1. The van der Waals surface area contributed by atoms with Crippen LogP contribution < -0.4 is 4.74 Å². The van der Waals surface area contributed by atoms with Gasteiger partial charge in [0.25, 0.3) is 0 Å². The molecule has 1 aromatic carbocycles. The molecule has 4 nitrogen and oxygen atoms in total. The lowest BCUT2D eigenvalue weighted by atomic mass is 9.97. The van der Waals surface area contributed by atoms with Crippen LogP contribution in [0.4, 0.5) is 4.39 Å². The van der Waals surface area contributed by atoms with Gasteiger partial charge in [-0.2, -0.15) is 5.10 Å². The van der Waals surface area contributed by atoms with Crippen molar-refractivity contribution >= 4 is 10.9 Å². The zero-order valence-electron chi connectivity index (χ0n) is 12.6. The Morgan fingerprint density at radius 3 is 2.86 bits per heavy atom. The summed E-state index contributed by atoms with van der Waals surface area (Å²) in [5.74, 6) is 0.849. The third kappa shape index (κ3) is 3.18. The summed E-state index contributed by atoms with van der Waals surface area (Å²) in [4.78, 5) is 2.49. The molecule has 1 aliphatic rings. The second-order valence-corrected chi connectivity index (χ2v) is 6.12. The molecule has 0 bridgehead atoms. The normalized spacial score (nSPS) is 17.7. The van der Waals surface area contributed by atoms with Crippen LogP contribution in [-0.2, 0) is 0 Å². The largest absolute Gasteiger partial charge is 0.493 e. The molecule has 0 spiro atoms. The summed E-state index contributed by atoms with van der Waals surface area (Å²) in [7, 11) is 0. The van der Waals surface area contributed by atoms with Crippen molar-refractivity contribution in [3.63, 3.8) is 0 Å². The molecule has 0 amide bonds. The maximum atomic E-state index is 13.8. The molecule has 0 radical (unpaired) electrons. The fourth-order valence-corrected chi connectivity index (χ4v) is 2.92. The molecule has 1 aromatic heterocycles. The summed E-state index contributed by atoms with van der Waals surface area (Å²) in [6.45, 7) is 7.38. The quantitative estimate of drug-likeness (QED) is 0.940. The summed E-state index contributed by atoms with van der Waals surface area (Å²) in [5, 5.41) is 7.14. The molecule has 21 heavy (non-hydrogen) atoms. The van der Waals surface area contributed by atoms with E-state index in [1.54, 1.807) is 0 Å². The summed E-state index contributed by atoms with van der Waals surface area (Å²) in [6.07, 6.45) is 3.79. The van der Waals surface area contributed by atoms with Crippen molar-refractivity contribution in [2.75, 3.05) is 19.7 Å². The fraction of sp³-hybridized carbons (Fsp3) is 0.562. The molecule has 1 aliphatic heterocycles. The van der Waals surface area contributed by atoms with E-state index in [1.807, 2.05) is 6.07 Å². The lowest BCUT2D eigenvalue weighted by Crippen LogP contribution is -2.39. The van der Waals surface area contributed by atoms with E-state index in [1.165, 1.54) is 12.3 Å². The summed E-state index contributed by atoms with van der Waals surface area (Å²) >= 11 is 0. The first-order valence-corrected chi connectivity index (χ1v) is 7.63. The third-order valence-electron chi connectivity index (χ3n) is 4.35. The number of halogens is 1. The van der Waals surface area contributed by atoms with E-state index in [2.05, 4.69) is 28.9 Å². The fourth-order valence-electron chi connectivity index (χ4n) is 2.92. The number of rotatable bonds is 4. The van der Waals surface area contributed by atoms with E-state index in [-0.39, 0.29) is 5.82 Å². The summed E-state index contributed by atoms with van der Waals surface area (Å²) in [6, 6.07) is 3.87. The average molecular weight is 291 g/mol. The van der Waals surface area contributed by atoms with Gasteiger partial charge in [0, 0.05) is 18.2 Å². The van der Waals surface area contributed by atoms with Crippen LogP contribution in [0.5, 0.6) is 5.75 Å². The molecule has 2 aromatic rings. The second kappa shape index (κ2) is 6.02. The Kier molecular flexibility index (Phi) is 4.10. The van der Waals surface area contributed by atoms with Crippen LogP contribution in [0.1, 0.15) is 26.7 Å². The van der Waals surface area contributed by atoms with Crippen LogP contribution in [0.25, 0.3) is 10.9 Å². The van der Waals surface area contributed by atoms with Crippen molar-refractivity contribution < 1.29 is 9.13 Å². The average Bonchev–Trinajstić information content (AvgIpc) is 2.94. The number of aromatic amines is 1. The van der Waals surface area contributed by atoms with Gasteiger partial charge in [0.05, 0.1) is 23.7 Å². The van der Waals surface area contributed by atoms with Crippen molar-refractivity contribution in [3.8, 4) is 5.75 Å². The number of fused-ring (bicyclic) bond motifs is 1. The van der Waals surface area contributed by atoms with Gasteiger partial charge in [0.1, 0.15) is 11.6 Å². The maximum absolute atomic E-state index is 13.8. The predicted octanol–water partition coefficient (Wildman–Crippen LogP) is 3.20. The van der Waals surface area contributed by atoms with Crippen molar-refractivity contribution in [2.24, 2.45) is 5.92 Å². The minimum absolute atomic E-state index is 0.286. The first-order valence-electron chi connectivity index (χ1n) is 7.63. The minimum Gasteiger partial charge on any atom is -0.493 e. The molecule has 3 rings (SSSR count). The topological polar surface area (TPSA) is 41.1 Å². The Morgan fingerprint density at radius 1 is 1.38 bits per heavy atom. The number of aromatic nitrogens is 2. The molecule has 0 saturated carbocycles. The van der Waals surface area contributed by atoms with Crippen LogP contribution in [0.2, 0.25) is 0 Å². The predicted molar refractivity (Wildman–Crippen MR) is 81.0 cm³/mol. The van der Waals surface area contributed by atoms with Crippen LogP contribution in [0.15, 0.2) is 18.3 Å². The van der Waals surface area contributed by atoms with Gasteiger partial charge in [0.2, 0.25) is 0 Å². The molecule has 114 valence electrons. The Labute approximate surface area is 124 Å².